The summed E-state index contributed by atoms with van der Waals surface area (Å²) in [6.45, 7) is 4.84. The van der Waals surface area contributed by atoms with E-state index in [0.717, 1.165) is 29.1 Å². The minimum absolute atomic E-state index is 0.200. The van der Waals surface area contributed by atoms with E-state index in [1.54, 1.807) is 6.20 Å². The number of pyridine rings is 1. The molecule has 0 fully saturated rings. The maximum absolute atomic E-state index is 11.9. The Morgan fingerprint density at radius 1 is 1.03 bits per heavy atom. The molecule has 0 saturated heterocycles. The van der Waals surface area contributed by atoms with E-state index in [-0.39, 0.29) is 5.97 Å². The predicted octanol–water partition coefficient (Wildman–Crippen LogP) is 7.19. The van der Waals surface area contributed by atoms with Gasteiger partial charge in [0.2, 0.25) is 11.8 Å². The average molecular weight is 546 g/mol. The first-order valence-electron chi connectivity index (χ1n) is 13.0. The van der Waals surface area contributed by atoms with Crippen LogP contribution < -0.4 is 10.1 Å². The summed E-state index contributed by atoms with van der Waals surface area (Å²) in [6.07, 6.45) is 6.22. The summed E-state index contributed by atoms with van der Waals surface area (Å²) in [4.78, 5) is 18.2. The number of carbonyl (C=O) groups excluding carboxylic acids is 1. The van der Waals surface area contributed by atoms with Crippen molar-refractivity contribution in [2.24, 2.45) is 10.2 Å². The van der Waals surface area contributed by atoms with Crippen molar-refractivity contribution in [3.8, 4) is 11.6 Å². The van der Waals surface area contributed by atoms with Gasteiger partial charge in [0.15, 0.2) is 0 Å². The Kier molecular flexibility index (Phi) is 10.1. The molecule has 9 heteroatoms. The molecule has 0 unspecified atom stereocenters. The van der Waals surface area contributed by atoms with Gasteiger partial charge in [-0.1, -0.05) is 42.8 Å². The van der Waals surface area contributed by atoms with E-state index in [1.807, 2.05) is 73.7 Å². The Bertz CT molecular complexity index is 1320. The number of halogens is 1. The molecule has 1 aliphatic rings. The molecule has 0 aliphatic carbocycles. The van der Waals surface area contributed by atoms with Gasteiger partial charge in [0.25, 0.3) is 0 Å². The first kappa shape index (κ1) is 27.9. The number of guanidine groups is 1. The fourth-order valence-electron chi connectivity index (χ4n) is 4.00. The summed E-state index contributed by atoms with van der Waals surface area (Å²) < 4.78 is 10.9. The van der Waals surface area contributed by atoms with Gasteiger partial charge in [-0.3, -0.25) is 4.79 Å². The quantitative estimate of drug-likeness (QED) is 0.256. The van der Waals surface area contributed by atoms with Gasteiger partial charge in [-0.25, -0.2) is 4.98 Å². The summed E-state index contributed by atoms with van der Waals surface area (Å²) in [7, 11) is 0. The Hall–Kier alpha value is -4.17. The van der Waals surface area contributed by atoms with Crippen LogP contribution in [0.4, 0.5) is 5.69 Å². The molecule has 0 amide bonds. The lowest BCUT2D eigenvalue weighted by Gasteiger charge is -2.32. The summed E-state index contributed by atoms with van der Waals surface area (Å²) in [6, 6.07) is 20.9. The predicted molar refractivity (Wildman–Crippen MR) is 155 cm³/mol. The number of anilines is 1. The van der Waals surface area contributed by atoms with Crippen molar-refractivity contribution < 1.29 is 14.3 Å². The zero-order valence-electron chi connectivity index (χ0n) is 22.1. The van der Waals surface area contributed by atoms with E-state index >= 15 is 0 Å². The van der Waals surface area contributed by atoms with Crippen LogP contribution >= 0.6 is 11.6 Å². The van der Waals surface area contributed by atoms with Crippen LogP contribution in [0.2, 0.25) is 5.02 Å². The first-order valence-corrected chi connectivity index (χ1v) is 13.4. The molecule has 0 radical (unpaired) electrons. The average Bonchev–Trinajstić information content (AvgIpc) is 2.94. The lowest BCUT2D eigenvalue weighted by molar-refractivity contribution is -0.143. The molecule has 2 heterocycles. The number of aromatic nitrogens is 1. The second-order valence-electron chi connectivity index (χ2n) is 8.76. The van der Waals surface area contributed by atoms with Crippen LogP contribution in [0.5, 0.6) is 11.6 Å². The number of hydrogen-bond acceptors (Lipinski definition) is 8. The Balaban J connectivity index is 1.55. The number of hydrogen-bond donors (Lipinski definition) is 1. The van der Waals surface area contributed by atoms with Gasteiger partial charge in [0, 0.05) is 29.4 Å². The maximum Gasteiger partial charge on any atom is 0.305 e. The van der Waals surface area contributed by atoms with Crippen LogP contribution in [0.25, 0.3) is 0 Å². The van der Waals surface area contributed by atoms with E-state index < -0.39 is 0 Å². The van der Waals surface area contributed by atoms with Crippen molar-refractivity contribution in [2.75, 3.05) is 11.9 Å². The number of ether oxygens (including phenoxy) is 2. The van der Waals surface area contributed by atoms with Crippen molar-refractivity contribution in [1.82, 2.24) is 9.88 Å². The van der Waals surface area contributed by atoms with Gasteiger partial charge in [0.05, 0.1) is 24.6 Å². The largest absolute Gasteiger partial charge is 0.466 e. The minimum atomic E-state index is -0.200. The first-order chi connectivity index (χ1) is 19.1. The summed E-state index contributed by atoms with van der Waals surface area (Å²) in [5.74, 6) is 1.60. The van der Waals surface area contributed by atoms with Gasteiger partial charge in [-0.05, 0) is 74.2 Å². The lowest BCUT2D eigenvalue weighted by atomic mass is 10.1. The molecule has 0 bridgehead atoms. The number of allylic oxidation sites excluding steroid dienone is 2. The van der Waals surface area contributed by atoms with Gasteiger partial charge >= 0.3 is 5.97 Å². The normalized spacial score (nSPS) is 14.0. The molecular weight excluding hydrogens is 514 g/mol. The number of benzene rings is 2. The molecule has 0 saturated carbocycles. The highest BCUT2D eigenvalue weighted by molar-refractivity contribution is 6.30. The van der Waals surface area contributed by atoms with Crippen molar-refractivity contribution in [3.05, 3.63) is 95.3 Å². The zero-order chi connectivity index (χ0) is 27.5. The number of esters is 1. The third-order valence-electron chi connectivity index (χ3n) is 5.83. The minimum Gasteiger partial charge on any atom is -0.466 e. The second kappa shape index (κ2) is 14.1. The zero-order valence-corrected chi connectivity index (χ0v) is 22.9. The molecule has 39 heavy (non-hydrogen) atoms. The smallest absolute Gasteiger partial charge is 0.305 e. The second-order valence-corrected chi connectivity index (χ2v) is 9.19. The molecule has 1 aromatic heterocycles. The molecule has 0 spiro atoms. The summed E-state index contributed by atoms with van der Waals surface area (Å²) in [5, 5.41) is 13.2. The topological polar surface area (TPSA) is 88.4 Å². The third kappa shape index (κ3) is 8.15. The van der Waals surface area contributed by atoms with Crippen LogP contribution in [0.3, 0.4) is 0 Å². The highest BCUT2D eigenvalue weighted by Crippen LogP contribution is 2.25. The van der Waals surface area contributed by atoms with Crippen molar-refractivity contribution >= 4 is 34.9 Å². The van der Waals surface area contributed by atoms with Crippen molar-refractivity contribution in [3.63, 3.8) is 0 Å². The standard InChI is InChI=1S/C30H32ClN5O3/c1-3-8-27-26(9-7-11-29(37)38-4-2)34-35-30(36(27)21-22-12-14-23(31)15-13-22)33-24-16-18-25(19-17-24)39-28-10-5-6-20-32-28/h5-6,8,10,12-20H,3-4,7,9,11,21H2,1-2H3,(H,33,35). The molecule has 3 aromatic rings. The molecule has 8 nitrogen and oxygen atoms in total. The number of nitrogens with one attached hydrogen (secondary N) is 1. The monoisotopic (exact) mass is 545 g/mol. The van der Waals surface area contributed by atoms with Crippen molar-refractivity contribution in [2.45, 2.75) is 46.1 Å². The van der Waals surface area contributed by atoms with Crippen LogP contribution in [0.1, 0.15) is 45.1 Å². The van der Waals surface area contributed by atoms with Gasteiger partial charge in [-0.2, -0.15) is 0 Å². The Morgan fingerprint density at radius 3 is 2.51 bits per heavy atom. The molecule has 0 atom stereocenters. The summed E-state index contributed by atoms with van der Waals surface area (Å²) >= 11 is 6.13. The Labute approximate surface area is 234 Å². The highest BCUT2D eigenvalue weighted by Gasteiger charge is 2.25. The fourth-order valence-corrected chi connectivity index (χ4v) is 4.13. The van der Waals surface area contributed by atoms with Crippen LogP contribution in [0, 0.1) is 0 Å². The molecule has 1 N–H and O–H groups in total. The van der Waals surface area contributed by atoms with Crippen molar-refractivity contribution in [1.29, 1.82) is 0 Å². The number of carbonyl (C=O) groups is 1. The van der Waals surface area contributed by atoms with Gasteiger partial charge in [0.1, 0.15) is 5.75 Å². The highest BCUT2D eigenvalue weighted by atomic mass is 35.5. The van der Waals surface area contributed by atoms with Crippen LogP contribution in [0.15, 0.2) is 94.9 Å². The fraction of sp³-hybridized carbons (Fsp3) is 0.267. The lowest BCUT2D eigenvalue weighted by Crippen LogP contribution is -2.40. The summed E-state index contributed by atoms with van der Waals surface area (Å²) in [5.41, 5.74) is 3.70. The van der Waals surface area contributed by atoms with E-state index in [9.17, 15) is 4.79 Å². The van der Waals surface area contributed by atoms with Crippen LogP contribution in [-0.2, 0) is 16.1 Å². The van der Waals surface area contributed by atoms with E-state index in [4.69, 9.17) is 21.1 Å². The molecule has 1 aliphatic heterocycles. The number of rotatable bonds is 11. The maximum atomic E-state index is 11.9. The third-order valence-corrected chi connectivity index (χ3v) is 6.08. The number of nitrogens with zero attached hydrogens (tertiary/aromatic N) is 4. The van der Waals surface area contributed by atoms with Crippen LogP contribution in [-0.4, -0.2) is 34.1 Å². The van der Waals surface area contributed by atoms with E-state index in [2.05, 4.69) is 38.4 Å². The van der Waals surface area contributed by atoms with Gasteiger partial charge in [-0.15, -0.1) is 10.2 Å². The SMILES string of the molecule is CCC=C1C(CCCC(=O)OCC)=NN=C(Nc2ccc(Oc3ccccn3)cc2)N1Cc1ccc(Cl)cc1. The molecular formula is C30H32ClN5O3. The molecule has 2 aromatic carbocycles. The van der Waals surface area contributed by atoms with E-state index in [1.165, 1.54) is 0 Å². The Morgan fingerprint density at radius 2 is 1.82 bits per heavy atom. The van der Waals surface area contributed by atoms with Gasteiger partial charge < -0.3 is 19.7 Å². The molecule has 4 rings (SSSR count). The molecule has 202 valence electrons. The van der Waals surface area contributed by atoms with E-state index in [0.29, 0.717) is 55.0 Å².